The van der Waals surface area contributed by atoms with Gasteiger partial charge in [0, 0.05) is 32.2 Å². The molecule has 0 aliphatic carbocycles. The van der Waals surface area contributed by atoms with Gasteiger partial charge in [0.2, 0.25) is 10.0 Å². The SMILES string of the molecule is COc1ccc(OC)c(S(=O)(=O)N2CCN(C(=O)c3ccc(-c4ccccc4F)o3)CC2)c1. The van der Waals surface area contributed by atoms with Crippen LogP contribution in [-0.2, 0) is 10.0 Å². The van der Waals surface area contributed by atoms with E-state index in [-0.39, 0.29) is 59.8 Å². The summed E-state index contributed by atoms with van der Waals surface area (Å²) in [7, 11) is -1.01. The quantitative estimate of drug-likeness (QED) is 0.545. The smallest absolute Gasteiger partial charge is 0.289 e. The molecule has 0 unspecified atom stereocenters. The molecule has 0 radical (unpaired) electrons. The van der Waals surface area contributed by atoms with Crippen molar-refractivity contribution in [1.29, 1.82) is 0 Å². The first-order valence-electron chi connectivity index (χ1n) is 10.2. The maximum Gasteiger partial charge on any atom is 0.289 e. The number of halogens is 1. The highest BCUT2D eigenvalue weighted by atomic mass is 32.2. The van der Waals surface area contributed by atoms with Crippen LogP contribution in [0.25, 0.3) is 11.3 Å². The van der Waals surface area contributed by atoms with E-state index in [9.17, 15) is 17.6 Å². The van der Waals surface area contributed by atoms with E-state index in [0.717, 1.165) is 0 Å². The van der Waals surface area contributed by atoms with Crippen molar-refractivity contribution in [2.24, 2.45) is 0 Å². The number of hydrogen-bond acceptors (Lipinski definition) is 6. The summed E-state index contributed by atoms with van der Waals surface area (Å²) in [5, 5.41) is 0. The van der Waals surface area contributed by atoms with Crippen molar-refractivity contribution < 1.29 is 31.5 Å². The lowest BCUT2D eigenvalue weighted by molar-refractivity contribution is 0.0666. The van der Waals surface area contributed by atoms with Crippen LogP contribution in [0.5, 0.6) is 11.5 Å². The molecule has 2 heterocycles. The fourth-order valence-electron chi connectivity index (χ4n) is 3.67. The van der Waals surface area contributed by atoms with Gasteiger partial charge in [-0.25, -0.2) is 12.8 Å². The van der Waals surface area contributed by atoms with Gasteiger partial charge in [-0.3, -0.25) is 4.79 Å². The van der Waals surface area contributed by atoms with E-state index in [4.69, 9.17) is 13.9 Å². The van der Waals surface area contributed by atoms with Gasteiger partial charge in [-0.1, -0.05) is 12.1 Å². The van der Waals surface area contributed by atoms with E-state index in [1.54, 1.807) is 30.3 Å². The van der Waals surface area contributed by atoms with Crippen LogP contribution < -0.4 is 9.47 Å². The second kappa shape index (κ2) is 9.24. The Morgan fingerprint density at radius 3 is 2.36 bits per heavy atom. The van der Waals surface area contributed by atoms with Crippen LogP contribution in [0.15, 0.2) is 63.9 Å². The molecule has 1 aromatic heterocycles. The van der Waals surface area contributed by atoms with Crippen LogP contribution in [-0.4, -0.2) is 63.9 Å². The number of sulfonamides is 1. The van der Waals surface area contributed by atoms with Crippen molar-refractivity contribution in [1.82, 2.24) is 9.21 Å². The highest BCUT2D eigenvalue weighted by molar-refractivity contribution is 7.89. The fraction of sp³-hybridized carbons (Fsp3) is 0.261. The molecule has 1 saturated heterocycles. The number of benzene rings is 2. The first-order valence-corrected chi connectivity index (χ1v) is 11.7. The highest BCUT2D eigenvalue weighted by Gasteiger charge is 2.33. The number of ether oxygens (including phenoxy) is 2. The molecule has 4 rings (SSSR count). The molecule has 8 nitrogen and oxygen atoms in total. The Labute approximate surface area is 191 Å². The van der Waals surface area contributed by atoms with Gasteiger partial charge in [0.15, 0.2) is 5.76 Å². The Bertz CT molecular complexity index is 1270. The lowest BCUT2D eigenvalue weighted by Gasteiger charge is -2.33. The highest BCUT2D eigenvalue weighted by Crippen LogP contribution is 2.31. The number of carbonyl (C=O) groups is 1. The second-order valence-electron chi connectivity index (χ2n) is 7.36. The molecule has 0 N–H and O–H groups in total. The van der Waals surface area contributed by atoms with E-state index >= 15 is 0 Å². The second-order valence-corrected chi connectivity index (χ2v) is 9.26. The van der Waals surface area contributed by atoms with Crippen molar-refractivity contribution in [2.75, 3.05) is 40.4 Å². The molecule has 1 aliphatic heterocycles. The van der Waals surface area contributed by atoms with Crippen LogP contribution in [0.2, 0.25) is 0 Å². The minimum Gasteiger partial charge on any atom is -0.497 e. The van der Waals surface area contributed by atoms with Crippen LogP contribution in [0.4, 0.5) is 4.39 Å². The third-order valence-electron chi connectivity index (χ3n) is 5.47. The van der Waals surface area contributed by atoms with Crippen LogP contribution in [0.3, 0.4) is 0 Å². The number of methoxy groups -OCH3 is 2. The molecule has 0 atom stereocenters. The topological polar surface area (TPSA) is 89.3 Å². The number of piperazine rings is 1. The maximum atomic E-state index is 14.0. The van der Waals surface area contributed by atoms with Gasteiger partial charge in [-0.2, -0.15) is 4.31 Å². The molecule has 0 saturated carbocycles. The number of amides is 1. The average molecular weight is 475 g/mol. The summed E-state index contributed by atoms with van der Waals surface area (Å²) in [6, 6.07) is 13.7. The molecular weight excluding hydrogens is 451 g/mol. The van der Waals surface area contributed by atoms with Crippen LogP contribution in [0, 0.1) is 5.82 Å². The Hall–Kier alpha value is -3.37. The summed E-state index contributed by atoms with van der Waals surface area (Å²) < 4.78 is 57.7. The Morgan fingerprint density at radius 2 is 1.70 bits per heavy atom. The summed E-state index contributed by atoms with van der Waals surface area (Å²) in [4.78, 5) is 14.4. The maximum absolute atomic E-state index is 14.0. The standard InChI is InChI=1S/C23H23FN2O6S/c1-30-16-7-8-20(31-2)22(15-16)33(28,29)26-13-11-25(12-14-26)23(27)21-10-9-19(32-21)17-5-3-4-6-18(17)24/h3-10,15H,11-14H2,1-2H3. The lowest BCUT2D eigenvalue weighted by atomic mass is 10.1. The van der Waals surface area contributed by atoms with Crippen molar-refractivity contribution in [3.63, 3.8) is 0 Å². The Balaban J connectivity index is 1.47. The third kappa shape index (κ3) is 4.44. The van der Waals surface area contributed by atoms with Gasteiger partial charge >= 0.3 is 0 Å². The number of nitrogens with zero attached hydrogens (tertiary/aromatic N) is 2. The van der Waals surface area contributed by atoms with E-state index in [0.29, 0.717) is 5.75 Å². The monoisotopic (exact) mass is 474 g/mol. The van der Waals surface area contributed by atoms with Gasteiger partial charge in [-0.05, 0) is 36.4 Å². The summed E-state index contributed by atoms with van der Waals surface area (Å²) >= 11 is 0. The Morgan fingerprint density at radius 1 is 0.970 bits per heavy atom. The molecular formula is C23H23FN2O6S. The number of furan rings is 1. The third-order valence-corrected chi connectivity index (χ3v) is 7.39. The van der Waals surface area contributed by atoms with E-state index in [1.807, 2.05) is 0 Å². The van der Waals surface area contributed by atoms with Gasteiger partial charge < -0.3 is 18.8 Å². The number of carbonyl (C=O) groups excluding carboxylic acids is 1. The normalized spacial score (nSPS) is 14.8. The van der Waals surface area contributed by atoms with Gasteiger partial charge in [0.25, 0.3) is 5.91 Å². The van der Waals surface area contributed by atoms with E-state index < -0.39 is 15.8 Å². The summed E-state index contributed by atoms with van der Waals surface area (Å²) in [6.45, 7) is 0.574. The summed E-state index contributed by atoms with van der Waals surface area (Å²) in [5.74, 6) is 0.102. The van der Waals surface area contributed by atoms with E-state index in [2.05, 4.69) is 0 Å². The van der Waals surface area contributed by atoms with Gasteiger partial charge in [-0.15, -0.1) is 0 Å². The van der Waals surface area contributed by atoms with E-state index in [1.165, 1.54) is 47.7 Å². The predicted octanol–water partition coefficient (Wildman–Crippen LogP) is 3.25. The molecule has 1 aliphatic rings. The molecule has 0 spiro atoms. The molecule has 33 heavy (non-hydrogen) atoms. The minimum absolute atomic E-state index is 0.00434. The van der Waals surface area contributed by atoms with Crippen LogP contribution in [0.1, 0.15) is 10.6 Å². The first kappa shape index (κ1) is 22.8. The summed E-state index contributed by atoms with van der Waals surface area (Å²) in [5.41, 5.74) is 0.264. The van der Waals surface area contributed by atoms with Gasteiger partial charge in [0.1, 0.15) is 28.0 Å². The Kier molecular flexibility index (Phi) is 6.39. The lowest BCUT2D eigenvalue weighted by Crippen LogP contribution is -2.50. The largest absolute Gasteiger partial charge is 0.497 e. The molecule has 2 aromatic carbocycles. The van der Waals surface area contributed by atoms with Gasteiger partial charge in [0.05, 0.1) is 19.8 Å². The predicted molar refractivity (Wildman–Crippen MR) is 118 cm³/mol. The fourth-order valence-corrected chi connectivity index (χ4v) is 5.26. The zero-order chi connectivity index (χ0) is 23.6. The van der Waals surface area contributed by atoms with Crippen molar-refractivity contribution in [3.8, 4) is 22.8 Å². The molecule has 174 valence electrons. The molecule has 10 heteroatoms. The zero-order valence-electron chi connectivity index (χ0n) is 18.2. The van der Waals surface area contributed by atoms with Crippen molar-refractivity contribution in [2.45, 2.75) is 4.90 Å². The molecule has 1 fully saturated rings. The summed E-state index contributed by atoms with van der Waals surface area (Å²) in [6.07, 6.45) is 0. The van der Waals surface area contributed by atoms with Crippen molar-refractivity contribution >= 4 is 15.9 Å². The molecule has 3 aromatic rings. The molecule has 1 amide bonds. The number of rotatable bonds is 6. The number of hydrogen-bond donors (Lipinski definition) is 0. The minimum atomic E-state index is -3.86. The molecule has 0 bridgehead atoms. The zero-order valence-corrected chi connectivity index (χ0v) is 19.0. The first-order chi connectivity index (χ1) is 15.8. The average Bonchev–Trinajstić information content (AvgIpc) is 3.33. The van der Waals surface area contributed by atoms with Crippen LogP contribution >= 0.6 is 0 Å². The van der Waals surface area contributed by atoms with Crippen molar-refractivity contribution in [3.05, 3.63) is 66.2 Å².